The van der Waals surface area contributed by atoms with E-state index < -0.39 is 10.2 Å². The lowest BCUT2D eigenvalue weighted by molar-refractivity contribution is 0.370. The molecule has 92 valence electrons. The van der Waals surface area contributed by atoms with Crippen molar-refractivity contribution in [1.82, 2.24) is 4.31 Å². The van der Waals surface area contributed by atoms with Crippen molar-refractivity contribution in [2.75, 3.05) is 25.4 Å². The van der Waals surface area contributed by atoms with E-state index in [4.69, 9.17) is 10.00 Å². The first-order chi connectivity index (χ1) is 7.97. The van der Waals surface area contributed by atoms with Gasteiger partial charge in [-0.15, -0.1) is 0 Å². The highest BCUT2D eigenvalue weighted by Gasteiger charge is 2.15. The van der Waals surface area contributed by atoms with Gasteiger partial charge in [0.2, 0.25) is 0 Å². The molecule has 0 saturated carbocycles. The van der Waals surface area contributed by atoms with Crippen molar-refractivity contribution in [1.29, 1.82) is 5.26 Å². The standard InChI is InChI=1S/C10H13N3O3S/c1-13(2)17(14,15)12-9-5-3-4-6-10(9)16-8-7-11/h3-6,12H,8H2,1-2H3. The maximum Gasteiger partial charge on any atom is 0.301 e. The first kappa shape index (κ1) is 13.3. The van der Waals surface area contributed by atoms with Crippen LogP contribution in [0, 0.1) is 11.3 Å². The van der Waals surface area contributed by atoms with Crippen molar-refractivity contribution in [3.63, 3.8) is 0 Å². The van der Waals surface area contributed by atoms with Gasteiger partial charge in [0.05, 0.1) is 5.69 Å². The second-order valence-corrected chi connectivity index (χ2v) is 5.22. The fourth-order valence-corrected chi connectivity index (χ4v) is 1.65. The average molecular weight is 255 g/mol. The van der Waals surface area contributed by atoms with Crippen LogP contribution in [-0.2, 0) is 10.2 Å². The molecule has 1 aromatic rings. The Morgan fingerprint density at radius 3 is 2.65 bits per heavy atom. The van der Waals surface area contributed by atoms with E-state index in [1.54, 1.807) is 24.3 Å². The number of nitrogens with zero attached hydrogens (tertiary/aromatic N) is 2. The summed E-state index contributed by atoms with van der Waals surface area (Å²) in [6.07, 6.45) is 0. The van der Waals surface area contributed by atoms with Crippen molar-refractivity contribution in [3.05, 3.63) is 24.3 Å². The van der Waals surface area contributed by atoms with Crippen molar-refractivity contribution in [3.8, 4) is 11.8 Å². The second-order valence-electron chi connectivity index (χ2n) is 3.33. The molecule has 0 saturated heterocycles. The molecule has 0 spiro atoms. The molecule has 6 nitrogen and oxygen atoms in total. The summed E-state index contributed by atoms with van der Waals surface area (Å²) in [5, 5.41) is 8.42. The Balaban J connectivity index is 2.95. The van der Waals surface area contributed by atoms with Crippen LogP contribution in [0.15, 0.2) is 24.3 Å². The van der Waals surface area contributed by atoms with Crippen molar-refractivity contribution < 1.29 is 13.2 Å². The average Bonchev–Trinajstić information content (AvgIpc) is 2.27. The minimum absolute atomic E-state index is 0.138. The summed E-state index contributed by atoms with van der Waals surface area (Å²) < 4.78 is 31.8. The maximum atomic E-state index is 11.6. The molecular formula is C10H13N3O3S. The first-order valence-corrected chi connectivity index (χ1v) is 6.20. The summed E-state index contributed by atoms with van der Waals surface area (Å²) in [7, 11) is -0.743. The Bertz CT molecular complexity index is 520. The molecule has 0 heterocycles. The highest BCUT2D eigenvalue weighted by atomic mass is 32.2. The molecular weight excluding hydrogens is 242 g/mol. The van der Waals surface area contributed by atoms with E-state index >= 15 is 0 Å². The van der Waals surface area contributed by atoms with Gasteiger partial charge in [0.15, 0.2) is 6.61 Å². The van der Waals surface area contributed by atoms with Crippen LogP contribution < -0.4 is 9.46 Å². The molecule has 0 fully saturated rings. The second kappa shape index (κ2) is 5.52. The molecule has 0 atom stereocenters. The van der Waals surface area contributed by atoms with Gasteiger partial charge in [-0.05, 0) is 12.1 Å². The van der Waals surface area contributed by atoms with E-state index in [-0.39, 0.29) is 6.61 Å². The van der Waals surface area contributed by atoms with Crippen LogP contribution in [0.25, 0.3) is 0 Å². The Hall–Kier alpha value is -1.78. The van der Waals surface area contributed by atoms with Gasteiger partial charge < -0.3 is 4.74 Å². The fourth-order valence-electron chi connectivity index (χ4n) is 1.02. The van der Waals surface area contributed by atoms with E-state index in [1.165, 1.54) is 14.1 Å². The molecule has 1 aromatic carbocycles. The van der Waals surface area contributed by atoms with E-state index in [0.29, 0.717) is 11.4 Å². The highest BCUT2D eigenvalue weighted by Crippen LogP contribution is 2.24. The molecule has 0 amide bonds. The van der Waals surface area contributed by atoms with Crippen LogP contribution in [0.4, 0.5) is 5.69 Å². The van der Waals surface area contributed by atoms with Gasteiger partial charge in [-0.2, -0.15) is 18.0 Å². The van der Waals surface area contributed by atoms with Crippen molar-refractivity contribution in [2.45, 2.75) is 0 Å². The zero-order valence-electron chi connectivity index (χ0n) is 9.54. The number of benzene rings is 1. The molecule has 1 N–H and O–H groups in total. The molecule has 0 aromatic heterocycles. The summed E-state index contributed by atoms with van der Waals surface area (Å²) >= 11 is 0. The van der Waals surface area contributed by atoms with Gasteiger partial charge in [-0.25, -0.2) is 0 Å². The fraction of sp³-hybridized carbons (Fsp3) is 0.300. The van der Waals surface area contributed by atoms with E-state index in [1.807, 2.05) is 6.07 Å². The topological polar surface area (TPSA) is 82.4 Å². The van der Waals surface area contributed by atoms with Crippen molar-refractivity contribution in [2.24, 2.45) is 0 Å². The van der Waals surface area contributed by atoms with Crippen LogP contribution >= 0.6 is 0 Å². The lowest BCUT2D eigenvalue weighted by atomic mass is 10.3. The minimum atomic E-state index is -3.58. The normalized spacial score (nSPS) is 10.9. The van der Waals surface area contributed by atoms with E-state index in [2.05, 4.69) is 4.72 Å². The van der Waals surface area contributed by atoms with E-state index in [0.717, 1.165) is 4.31 Å². The molecule has 0 bridgehead atoms. The maximum absolute atomic E-state index is 11.6. The summed E-state index contributed by atoms with van der Waals surface area (Å²) in [5.41, 5.74) is 0.302. The number of ether oxygens (including phenoxy) is 1. The molecule has 0 aliphatic rings. The third kappa shape index (κ3) is 3.62. The highest BCUT2D eigenvalue weighted by molar-refractivity contribution is 7.90. The zero-order chi connectivity index (χ0) is 12.9. The Labute approximate surface area is 101 Å². The van der Waals surface area contributed by atoms with Gasteiger partial charge in [0.1, 0.15) is 11.8 Å². The van der Waals surface area contributed by atoms with Crippen LogP contribution in [0.1, 0.15) is 0 Å². The predicted molar refractivity (Wildman–Crippen MR) is 63.8 cm³/mol. The van der Waals surface area contributed by atoms with Gasteiger partial charge in [-0.3, -0.25) is 4.72 Å². The van der Waals surface area contributed by atoms with Crippen LogP contribution in [0.2, 0.25) is 0 Å². The number of hydrogen-bond acceptors (Lipinski definition) is 4. The number of anilines is 1. The SMILES string of the molecule is CN(C)S(=O)(=O)Nc1ccccc1OCC#N. The largest absolute Gasteiger partial charge is 0.477 e. The number of hydrogen-bond donors (Lipinski definition) is 1. The van der Waals surface area contributed by atoms with Crippen LogP contribution in [0.5, 0.6) is 5.75 Å². The van der Waals surface area contributed by atoms with Gasteiger partial charge in [-0.1, -0.05) is 12.1 Å². The molecule has 0 aliphatic carbocycles. The van der Waals surface area contributed by atoms with Crippen LogP contribution in [-0.4, -0.2) is 33.4 Å². The Morgan fingerprint density at radius 1 is 1.41 bits per heavy atom. The molecule has 0 unspecified atom stereocenters. The monoisotopic (exact) mass is 255 g/mol. The molecule has 7 heteroatoms. The summed E-state index contributed by atoms with van der Waals surface area (Å²) in [6, 6.07) is 8.34. The molecule has 1 rings (SSSR count). The van der Waals surface area contributed by atoms with E-state index in [9.17, 15) is 8.42 Å². The molecule has 0 radical (unpaired) electrons. The number of rotatable bonds is 5. The lowest BCUT2D eigenvalue weighted by Crippen LogP contribution is -2.29. The third-order valence-electron chi connectivity index (χ3n) is 1.90. The molecule has 0 aliphatic heterocycles. The smallest absolute Gasteiger partial charge is 0.301 e. The van der Waals surface area contributed by atoms with Crippen molar-refractivity contribution >= 4 is 15.9 Å². The number of nitrogens with one attached hydrogen (secondary N) is 1. The predicted octanol–water partition coefficient (Wildman–Crippen LogP) is 0.807. The van der Waals surface area contributed by atoms with Crippen LogP contribution in [0.3, 0.4) is 0 Å². The lowest BCUT2D eigenvalue weighted by Gasteiger charge is -2.15. The summed E-state index contributed by atoms with van der Waals surface area (Å²) in [6.45, 7) is -0.138. The third-order valence-corrected chi connectivity index (χ3v) is 3.34. The number of nitriles is 1. The first-order valence-electron chi connectivity index (χ1n) is 4.76. The van der Waals surface area contributed by atoms with Gasteiger partial charge >= 0.3 is 10.2 Å². The summed E-state index contributed by atoms with van der Waals surface area (Å²) in [5.74, 6) is 0.319. The quantitative estimate of drug-likeness (QED) is 0.844. The minimum Gasteiger partial charge on any atom is -0.477 e. The Kier molecular flexibility index (Phi) is 4.31. The zero-order valence-corrected chi connectivity index (χ0v) is 10.4. The molecule has 17 heavy (non-hydrogen) atoms. The van der Waals surface area contributed by atoms with Gasteiger partial charge in [0, 0.05) is 14.1 Å². The number of para-hydroxylation sites is 2. The van der Waals surface area contributed by atoms with Gasteiger partial charge in [0.25, 0.3) is 0 Å². The Morgan fingerprint density at radius 2 is 2.06 bits per heavy atom. The summed E-state index contributed by atoms with van der Waals surface area (Å²) in [4.78, 5) is 0.